The van der Waals surface area contributed by atoms with Crippen molar-refractivity contribution in [3.63, 3.8) is 0 Å². The van der Waals surface area contributed by atoms with Gasteiger partial charge in [0, 0.05) is 38.8 Å². The predicted octanol–water partition coefficient (Wildman–Crippen LogP) is 1.23. The van der Waals surface area contributed by atoms with Gasteiger partial charge in [0.25, 0.3) is 5.69 Å². The standard InChI is InChI=1S/C18H27N5O5S/c1-2-13-29(27,28)22-8-4-3-5-16(22)18(24)21-11-9-20(10-12-21)17-7-6-15(14-19-17)23(25)26/h6-7,14,16H,2-5,8-13H2,1H3. The molecule has 0 spiro atoms. The first-order valence-corrected chi connectivity index (χ1v) is 11.6. The molecule has 0 bridgehead atoms. The lowest BCUT2D eigenvalue weighted by Crippen LogP contribution is -2.57. The van der Waals surface area contributed by atoms with Crippen LogP contribution in [0.25, 0.3) is 0 Å². The molecule has 1 aromatic rings. The van der Waals surface area contributed by atoms with E-state index in [4.69, 9.17) is 0 Å². The Morgan fingerprint density at radius 2 is 1.93 bits per heavy atom. The second kappa shape index (κ2) is 9.04. The van der Waals surface area contributed by atoms with Gasteiger partial charge in [0.1, 0.15) is 18.1 Å². The van der Waals surface area contributed by atoms with Crippen LogP contribution >= 0.6 is 0 Å². The number of piperazine rings is 1. The minimum Gasteiger partial charge on any atom is -0.353 e. The maximum absolute atomic E-state index is 13.1. The second-order valence-electron chi connectivity index (χ2n) is 7.38. The molecule has 2 aliphatic heterocycles. The molecule has 0 aromatic carbocycles. The van der Waals surface area contributed by atoms with Gasteiger partial charge in [-0.1, -0.05) is 13.3 Å². The highest BCUT2D eigenvalue weighted by molar-refractivity contribution is 7.89. The molecular formula is C18H27N5O5S. The Balaban J connectivity index is 1.63. The number of sulfonamides is 1. The number of carbonyl (C=O) groups is 1. The molecular weight excluding hydrogens is 398 g/mol. The lowest BCUT2D eigenvalue weighted by atomic mass is 10.0. The van der Waals surface area contributed by atoms with Crippen LogP contribution in [0.5, 0.6) is 0 Å². The molecule has 3 rings (SSSR count). The molecule has 2 saturated heterocycles. The first-order valence-electron chi connectivity index (χ1n) is 9.97. The zero-order valence-electron chi connectivity index (χ0n) is 16.6. The molecule has 160 valence electrons. The highest BCUT2D eigenvalue weighted by Gasteiger charge is 2.38. The van der Waals surface area contributed by atoms with Crippen molar-refractivity contribution < 1.29 is 18.1 Å². The zero-order chi connectivity index (χ0) is 21.0. The molecule has 11 heteroatoms. The SMILES string of the molecule is CCCS(=O)(=O)N1CCCCC1C(=O)N1CCN(c2ccc([N+](=O)[O-])cn2)CC1. The monoisotopic (exact) mass is 425 g/mol. The number of nitrogens with zero attached hydrogens (tertiary/aromatic N) is 5. The number of hydrogen-bond donors (Lipinski definition) is 0. The van der Waals surface area contributed by atoms with Gasteiger partial charge in [-0.15, -0.1) is 0 Å². The van der Waals surface area contributed by atoms with Gasteiger partial charge in [0.05, 0.1) is 10.7 Å². The number of nitro groups is 1. The van der Waals surface area contributed by atoms with Crippen LogP contribution in [0.1, 0.15) is 32.6 Å². The van der Waals surface area contributed by atoms with Gasteiger partial charge >= 0.3 is 0 Å². The smallest absolute Gasteiger partial charge is 0.287 e. The Labute approximate surface area is 170 Å². The summed E-state index contributed by atoms with van der Waals surface area (Å²) in [5.41, 5.74) is -0.0618. The average molecular weight is 426 g/mol. The lowest BCUT2D eigenvalue weighted by molar-refractivity contribution is -0.385. The van der Waals surface area contributed by atoms with Crippen molar-refractivity contribution in [1.29, 1.82) is 0 Å². The summed E-state index contributed by atoms with van der Waals surface area (Å²) >= 11 is 0. The second-order valence-corrected chi connectivity index (χ2v) is 9.42. The van der Waals surface area contributed by atoms with Crippen molar-refractivity contribution in [1.82, 2.24) is 14.2 Å². The number of rotatable bonds is 6. The van der Waals surface area contributed by atoms with Gasteiger partial charge in [0.15, 0.2) is 0 Å². The first kappa shape index (κ1) is 21.4. The van der Waals surface area contributed by atoms with Crippen LogP contribution in [0.2, 0.25) is 0 Å². The summed E-state index contributed by atoms with van der Waals surface area (Å²) in [5, 5.41) is 10.8. The fraction of sp³-hybridized carbons (Fsp3) is 0.667. The number of carbonyl (C=O) groups excluding carboxylic acids is 1. The molecule has 2 aliphatic rings. The van der Waals surface area contributed by atoms with E-state index in [1.165, 1.54) is 16.6 Å². The fourth-order valence-electron chi connectivity index (χ4n) is 3.90. The number of amides is 1. The Morgan fingerprint density at radius 3 is 2.52 bits per heavy atom. The van der Waals surface area contributed by atoms with Crippen molar-refractivity contribution >= 4 is 27.4 Å². The largest absolute Gasteiger partial charge is 0.353 e. The van der Waals surface area contributed by atoms with Gasteiger partial charge in [-0.2, -0.15) is 4.31 Å². The normalized spacial score (nSPS) is 21.2. The molecule has 3 heterocycles. The summed E-state index contributed by atoms with van der Waals surface area (Å²) in [6.07, 6.45) is 3.95. The van der Waals surface area contributed by atoms with Gasteiger partial charge in [-0.25, -0.2) is 13.4 Å². The first-order chi connectivity index (χ1) is 13.8. The molecule has 29 heavy (non-hydrogen) atoms. The molecule has 0 aliphatic carbocycles. The lowest BCUT2D eigenvalue weighted by Gasteiger charge is -2.40. The number of pyridine rings is 1. The summed E-state index contributed by atoms with van der Waals surface area (Å²) in [5.74, 6) is 0.573. The molecule has 2 fully saturated rings. The van der Waals surface area contributed by atoms with E-state index in [9.17, 15) is 23.3 Å². The van der Waals surface area contributed by atoms with Crippen LogP contribution in [-0.4, -0.2) is 78.0 Å². The van der Waals surface area contributed by atoms with Crippen molar-refractivity contribution in [2.24, 2.45) is 0 Å². The van der Waals surface area contributed by atoms with Crippen LogP contribution in [0.3, 0.4) is 0 Å². The maximum Gasteiger partial charge on any atom is 0.287 e. The van der Waals surface area contributed by atoms with E-state index in [1.54, 1.807) is 11.0 Å². The number of anilines is 1. The van der Waals surface area contributed by atoms with Crippen LogP contribution in [0, 0.1) is 10.1 Å². The minimum absolute atomic E-state index is 0.0618. The van der Waals surface area contributed by atoms with E-state index in [0.717, 1.165) is 12.8 Å². The molecule has 0 saturated carbocycles. The van der Waals surface area contributed by atoms with E-state index in [-0.39, 0.29) is 17.3 Å². The quantitative estimate of drug-likeness (QED) is 0.497. The molecule has 1 unspecified atom stereocenters. The van der Waals surface area contributed by atoms with Gasteiger partial charge in [-0.3, -0.25) is 14.9 Å². The Bertz CT molecular complexity index is 837. The topological polar surface area (TPSA) is 117 Å². The summed E-state index contributed by atoms with van der Waals surface area (Å²) < 4.78 is 26.6. The fourth-order valence-corrected chi connectivity index (χ4v) is 5.64. The molecule has 1 atom stereocenters. The van der Waals surface area contributed by atoms with Crippen LogP contribution in [0.4, 0.5) is 11.5 Å². The molecule has 10 nitrogen and oxygen atoms in total. The van der Waals surface area contributed by atoms with E-state index >= 15 is 0 Å². The Morgan fingerprint density at radius 1 is 1.21 bits per heavy atom. The Kier molecular flexibility index (Phi) is 6.68. The molecule has 1 aromatic heterocycles. The number of aromatic nitrogens is 1. The highest BCUT2D eigenvalue weighted by atomic mass is 32.2. The van der Waals surface area contributed by atoms with Gasteiger partial charge in [-0.05, 0) is 25.3 Å². The summed E-state index contributed by atoms with van der Waals surface area (Å²) in [7, 11) is -3.42. The third-order valence-corrected chi connectivity index (χ3v) is 7.49. The average Bonchev–Trinajstić information content (AvgIpc) is 2.73. The van der Waals surface area contributed by atoms with E-state index in [0.29, 0.717) is 51.4 Å². The summed E-state index contributed by atoms with van der Waals surface area (Å²) in [6, 6.07) is 2.41. The van der Waals surface area contributed by atoms with Crippen LogP contribution in [-0.2, 0) is 14.8 Å². The van der Waals surface area contributed by atoms with E-state index in [1.807, 2.05) is 11.8 Å². The minimum atomic E-state index is -3.42. The van der Waals surface area contributed by atoms with Crippen molar-refractivity contribution in [3.8, 4) is 0 Å². The van der Waals surface area contributed by atoms with Crippen molar-refractivity contribution in [3.05, 3.63) is 28.4 Å². The molecule has 0 N–H and O–H groups in total. The third-order valence-electron chi connectivity index (χ3n) is 5.42. The van der Waals surface area contributed by atoms with Crippen LogP contribution < -0.4 is 4.90 Å². The van der Waals surface area contributed by atoms with Gasteiger partial charge in [0.2, 0.25) is 15.9 Å². The van der Waals surface area contributed by atoms with E-state index in [2.05, 4.69) is 4.98 Å². The summed E-state index contributed by atoms with van der Waals surface area (Å²) in [4.78, 5) is 31.2. The highest BCUT2D eigenvalue weighted by Crippen LogP contribution is 2.24. The Hall–Kier alpha value is -2.27. The number of piperidine rings is 1. The zero-order valence-corrected chi connectivity index (χ0v) is 17.4. The van der Waals surface area contributed by atoms with Gasteiger partial charge < -0.3 is 9.80 Å². The molecule has 1 amide bonds. The third kappa shape index (κ3) is 4.84. The van der Waals surface area contributed by atoms with Crippen molar-refractivity contribution in [2.75, 3.05) is 43.4 Å². The van der Waals surface area contributed by atoms with E-state index < -0.39 is 21.0 Å². The number of hydrogen-bond acceptors (Lipinski definition) is 7. The molecule has 0 radical (unpaired) electrons. The predicted molar refractivity (Wildman–Crippen MR) is 108 cm³/mol. The maximum atomic E-state index is 13.1. The van der Waals surface area contributed by atoms with Crippen LogP contribution in [0.15, 0.2) is 18.3 Å². The summed E-state index contributed by atoms with van der Waals surface area (Å²) in [6.45, 7) is 4.26. The van der Waals surface area contributed by atoms with Crippen molar-refractivity contribution in [2.45, 2.75) is 38.6 Å².